The number of anilines is 2. The normalized spacial score (nSPS) is 20.1. The van der Waals surface area contributed by atoms with Crippen LogP contribution in [0.25, 0.3) is 5.69 Å². The van der Waals surface area contributed by atoms with Gasteiger partial charge in [0.05, 0.1) is 18.7 Å². The molecule has 0 N–H and O–H groups in total. The lowest BCUT2D eigenvalue weighted by Gasteiger charge is -2.37. The van der Waals surface area contributed by atoms with Gasteiger partial charge in [0.2, 0.25) is 5.79 Å². The third kappa shape index (κ3) is 6.94. The molecule has 0 bridgehead atoms. The van der Waals surface area contributed by atoms with Gasteiger partial charge in [-0.25, -0.2) is 4.79 Å². The van der Waals surface area contributed by atoms with Gasteiger partial charge in [0.25, 0.3) is 0 Å². The summed E-state index contributed by atoms with van der Waals surface area (Å²) in [5.41, 5.74) is 3.82. The van der Waals surface area contributed by atoms with E-state index in [0.717, 1.165) is 66.8 Å². The summed E-state index contributed by atoms with van der Waals surface area (Å²) >= 11 is 6.16. The summed E-state index contributed by atoms with van der Waals surface area (Å²) in [6.45, 7) is 8.39. The van der Waals surface area contributed by atoms with E-state index in [4.69, 9.17) is 25.8 Å². The minimum absolute atomic E-state index is 0.112. The lowest BCUT2D eigenvalue weighted by molar-refractivity contribution is -0.179. The van der Waals surface area contributed by atoms with Crippen LogP contribution >= 0.6 is 11.6 Å². The van der Waals surface area contributed by atoms with Crippen LogP contribution < -0.4 is 20.2 Å². The van der Waals surface area contributed by atoms with Crippen molar-refractivity contribution >= 4 is 23.0 Å². The van der Waals surface area contributed by atoms with E-state index in [1.807, 2.05) is 67.1 Å². The number of rotatable bonds is 11. The van der Waals surface area contributed by atoms with Crippen molar-refractivity contribution in [3.63, 3.8) is 0 Å². The minimum atomic E-state index is -1.01. The number of nitrogens with zero attached hydrogens (tertiary/aromatic N) is 8. The van der Waals surface area contributed by atoms with Gasteiger partial charge in [-0.3, -0.25) is 4.57 Å². The highest BCUT2D eigenvalue weighted by molar-refractivity contribution is 6.30. The third-order valence-corrected chi connectivity index (χ3v) is 9.73. The molecule has 256 valence electrons. The topological polar surface area (TPSA) is 105 Å². The number of aryl methyl sites for hydroxylation is 1. The molecule has 0 saturated carbocycles. The van der Waals surface area contributed by atoms with Gasteiger partial charge in [0.15, 0.2) is 0 Å². The van der Waals surface area contributed by atoms with Gasteiger partial charge in [-0.1, -0.05) is 30.7 Å². The molecule has 12 nitrogen and oxygen atoms in total. The second-order valence-corrected chi connectivity index (χ2v) is 13.1. The molecule has 0 radical (unpaired) electrons. The lowest BCUT2D eigenvalue weighted by Crippen LogP contribution is -2.46. The van der Waals surface area contributed by atoms with Crippen molar-refractivity contribution in [3.05, 3.63) is 112 Å². The molecule has 2 aliphatic rings. The molecule has 3 unspecified atom stereocenters. The zero-order valence-corrected chi connectivity index (χ0v) is 28.7. The van der Waals surface area contributed by atoms with E-state index in [0.29, 0.717) is 24.7 Å². The molecule has 5 aromatic rings. The van der Waals surface area contributed by atoms with E-state index in [1.165, 1.54) is 4.68 Å². The van der Waals surface area contributed by atoms with E-state index in [-0.39, 0.29) is 17.8 Å². The molecule has 0 aliphatic carbocycles. The fourth-order valence-electron chi connectivity index (χ4n) is 6.33. The quantitative estimate of drug-likeness (QED) is 0.190. The Morgan fingerprint density at radius 3 is 2.16 bits per heavy atom. The fourth-order valence-corrected chi connectivity index (χ4v) is 6.46. The zero-order chi connectivity index (χ0) is 34.0. The highest BCUT2D eigenvalue weighted by Gasteiger charge is 2.44. The first-order valence-electron chi connectivity index (χ1n) is 16.7. The van der Waals surface area contributed by atoms with Crippen LogP contribution in [-0.2, 0) is 28.7 Å². The number of hydrogen-bond donors (Lipinski definition) is 0. The summed E-state index contributed by atoms with van der Waals surface area (Å²) in [6.07, 6.45) is 4.30. The highest BCUT2D eigenvalue weighted by Crippen LogP contribution is 2.38. The Morgan fingerprint density at radius 2 is 1.55 bits per heavy atom. The van der Waals surface area contributed by atoms with Gasteiger partial charge < -0.3 is 28.6 Å². The van der Waals surface area contributed by atoms with Gasteiger partial charge in [0, 0.05) is 61.2 Å². The van der Waals surface area contributed by atoms with Crippen LogP contribution in [0.5, 0.6) is 5.75 Å². The standard InChI is InChI=1S/C36H41ClN8O4/c1-4-26(2)44-25-39-45(35(44)46)31-11-9-29(10-12-31)42-17-19-43(20-18-42)30-13-15-32(16-14-30)47-22-33-23-48-36(49-33,21-34-40-38-24-41(34)3)27-5-7-28(37)8-6-27/h5-16,24-26,33H,4,17-23H2,1-3H3. The van der Waals surface area contributed by atoms with Crippen molar-refractivity contribution in [1.82, 2.24) is 29.1 Å². The first-order chi connectivity index (χ1) is 23.8. The molecular formula is C36H41ClN8O4. The molecule has 7 rings (SSSR count). The average Bonchev–Trinajstić information content (AvgIpc) is 3.86. The number of ether oxygens (including phenoxy) is 3. The number of aromatic nitrogens is 6. The maximum absolute atomic E-state index is 12.8. The molecular weight excluding hydrogens is 644 g/mol. The number of halogens is 1. The van der Waals surface area contributed by atoms with E-state index in [9.17, 15) is 4.79 Å². The molecule has 2 fully saturated rings. The molecule has 13 heteroatoms. The Morgan fingerprint density at radius 1 is 0.918 bits per heavy atom. The Hall–Kier alpha value is -4.65. The van der Waals surface area contributed by atoms with Crippen LogP contribution in [0.1, 0.15) is 37.7 Å². The SMILES string of the molecule is CCC(C)n1cnn(-c2ccc(N3CCN(c4ccc(OCC5COC(Cc6nncn6C)(c6ccc(Cl)cc6)O5)cc4)CC3)cc2)c1=O. The van der Waals surface area contributed by atoms with Crippen LogP contribution in [-0.4, -0.2) is 74.6 Å². The largest absolute Gasteiger partial charge is 0.491 e. The van der Waals surface area contributed by atoms with Gasteiger partial charge in [-0.05, 0) is 74.0 Å². The van der Waals surface area contributed by atoms with Crippen molar-refractivity contribution < 1.29 is 14.2 Å². The number of benzene rings is 3. The van der Waals surface area contributed by atoms with E-state index < -0.39 is 5.79 Å². The van der Waals surface area contributed by atoms with Crippen LogP contribution in [0.3, 0.4) is 0 Å². The van der Waals surface area contributed by atoms with E-state index in [1.54, 1.807) is 17.2 Å². The Kier molecular flexibility index (Phi) is 9.44. The molecule has 2 aromatic heterocycles. The van der Waals surface area contributed by atoms with Gasteiger partial charge in [-0.2, -0.15) is 9.78 Å². The maximum atomic E-state index is 12.8. The van der Waals surface area contributed by atoms with Crippen LogP contribution in [0.15, 0.2) is 90.2 Å². The summed E-state index contributed by atoms with van der Waals surface area (Å²) < 4.78 is 24.0. The van der Waals surface area contributed by atoms with Crippen LogP contribution in [0.4, 0.5) is 11.4 Å². The van der Waals surface area contributed by atoms with Crippen LogP contribution in [0, 0.1) is 0 Å². The molecule has 0 amide bonds. The van der Waals surface area contributed by atoms with Gasteiger partial charge in [0.1, 0.15) is 36.9 Å². The second-order valence-electron chi connectivity index (χ2n) is 12.6. The maximum Gasteiger partial charge on any atom is 0.350 e. The summed E-state index contributed by atoms with van der Waals surface area (Å²) in [7, 11) is 1.90. The summed E-state index contributed by atoms with van der Waals surface area (Å²) in [5.74, 6) is 0.519. The van der Waals surface area contributed by atoms with E-state index in [2.05, 4.69) is 56.3 Å². The Labute approximate surface area is 290 Å². The second kappa shape index (κ2) is 14.1. The monoisotopic (exact) mass is 684 g/mol. The van der Waals surface area contributed by atoms with Crippen molar-refractivity contribution in [2.75, 3.05) is 49.2 Å². The molecule has 49 heavy (non-hydrogen) atoms. The predicted molar refractivity (Wildman–Crippen MR) is 188 cm³/mol. The molecule has 4 heterocycles. The third-order valence-electron chi connectivity index (χ3n) is 9.48. The first kappa shape index (κ1) is 32.9. The molecule has 3 atom stereocenters. The number of hydrogen-bond acceptors (Lipinski definition) is 9. The zero-order valence-electron chi connectivity index (χ0n) is 28.0. The van der Waals surface area contributed by atoms with Crippen molar-refractivity contribution in [2.45, 2.75) is 44.6 Å². The van der Waals surface area contributed by atoms with E-state index >= 15 is 0 Å². The summed E-state index contributed by atoms with van der Waals surface area (Å²) in [4.78, 5) is 17.6. The predicted octanol–water partition coefficient (Wildman–Crippen LogP) is 5.00. The number of piperazine rings is 1. The van der Waals surface area contributed by atoms with Gasteiger partial charge >= 0.3 is 5.69 Å². The van der Waals surface area contributed by atoms with Crippen LogP contribution in [0.2, 0.25) is 5.02 Å². The average molecular weight is 685 g/mol. The minimum Gasteiger partial charge on any atom is -0.491 e. The summed E-state index contributed by atoms with van der Waals surface area (Å²) in [6, 6.07) is 23.9. The van der Waals surface area contributed by atoms with Crippen molar-refractivity contribution in [1.29, 1.82) is 0 Å². The van der Waals surface area contributed by atoms with Crippen molar-refractivity contribution in [3.8, 4) is 11.4 Å². The Bertz CT molecular complexity index is 1900. The van der Waals surface area contributed by atoms with Gasteiger partial charge in [-0.15, -0.1) is 10.2 Å². The molecule has 2 saturated heterocycles. The summed E-state index contributed by atoms with van der Waals surface area (Å²) in [5, 5.41) is 13.2. The highest BCUT2D eigenvalue weighted by atomic mass is 35.5. The smallest absolute Gasteiger partial charge is 0.350 e. The molecule has 3 aromatic carbocycles. The molecule has 2 aliphatic heterocycles. The lowest BCUT2D eigenvalue weighted by atomic mass is 10.0. The fraction of sp³-hybridized carbons (Fsp3) is 0.389. The first-order valence-corrected chi connectivity index (χ1v) is 17.1. The molecule has 0 spiro atoms. The van der Waals surface area contributed by atoms with Crippen molar-refractivity contribution in [2.24, 2.45) is 7.05 Å². The Balaban J connectivity index is 0.922.